The maximum Gasteiger partial charge on any atom is 0.337 e. The summed E-state index contributed by atoms with van der Waals surface area (Å²) in [7, 11) is 3.74. The number of aromatic nitrogens is 1. The first kappa shape index (κ1) is 17.6. The van der Waals surface area contributed by atoms with E-state index in [4.69, 9.17) is 9.63 Å². The van der Waals surface area contributed by atoms with Gasteiger partial charge in [0, 0.05) is 14.1 Å². The number of hydrogen-bond donors (Lipinski definition) is 3. The second-order valence-electron chi connectivity index (χ2n) is 5.67. The molecule has 0 spiro atoms. The van der Waals surface area contributed by atoms with E-state index in [0.29, 0.717) is 16.7 Å². The van der Waals surface area contributed by atoms with Crippen LogP contribution in [0.5, 0.6) is 0 Å². The Morgan fingerprint density at radius 1 is 1.19 bits per heavy atom. The van der Waals surface area contributed by atoms with Gasteiger partial charge in [-0.1, -0.05) is 30.1 Å². The van der Waals surface area contributed by atoms with E-state index < -0.39 is 12.0 Å². The molecular weight excluding hydrogens is 356 g/mol. The fourth-order valence-electron chi connectivity index (χ4n) is 2.47. The molecular formula is C17H16N4O4S. The summed E-state index contributed by atoms with van der Waals surface area (Å²) in [5.74, 6) is -0.838. The highest BCUT2D eigenvalue weighted by Gasteiger charge is 2.19. The van der Waals surface area contributed by atoms with Crippen molar-refractivity contribution < 1.29 is 19.2 Å². The van der Waals surface area contributed by atoms with Crippen LogP contribution in [-0.4, -0.2) is 36.4 Å². The summed E-state index contributed by atoms with van der Waals surface area (Å²) in [4.78, 5) is 25.5. The van der Waals surface area contributed by atoms with E-state index in [0.717, 1.165) is 9.99 Å². The molecule has 3 aromatic rings. The summed E-state index contributed by atoms with van der Waals surface area (Å²) in [6, 6.07) is 10.7. The molecule has 1 heterocycles. The average Bonchev–Trinajstić information content (AvgIpc) is 3.04. The van der Waals surface area contributed by atoms with Crippen molar-refractivity contribution in [3.8, 4) is 0 Å². The number of hydrogen-bond acceptors (Lipinski definition) is 6. The average molecular weight is 372 g/mol. The Kier molecular flexibility index (Phi) is 4.72. The molecule has 1 aromatic heterocycles. The second-order valence-corrected chi connectivity index (χ2v) is 6.07. The number of aromatic carboxylic acids is 1. The van der Waals surface area contributed by atoms with Gasteiger partial charge in [0.25, 0.3) is 0 Å². The van der Waals surface area contributed by atoms with E-state index in [2.05, 4.69) is 23.3 Å². The molecule has 2 N–H and O–H groups in total. The van der Waals surface area contributed by atoms with Crippen molar-refractivity contribution in [2.75, 3.05) is 28.6 Å². The van der Waals surface area contributed by atoms with E-state index in [1.807, 2.05) is 31.1 Å². The number of urea groups is 1. The number of carboxylic acids is 1. The fraction of sp³-hybridized carbons (Fsp3) is 0.118. The minimum Gasteiger partial charge on any atom is -0.478 e. The van der Waals surface area contributed by atoms with Gasteiger partial charge < -0.3 is 14.5 Å². The molecule has 26 heavy (non-hydrogen) atoms. The number of rotatable bonds is 4. The van der Waals surface area contributed by atoms with Crippen molar-refractivity contribution in [1.82, 2.24) is 5.16 Å². The molecule has 0 unspecified atom stereocenters. The summed E-state index contributed by atoms with van der Waals surface area (Å²) in [6.07, 6.45) is 0. The molecule has 0 aliphatic rings. The number of fused-ring (bicyclic) bond motifs is 1. The van der Waals surface area contributed by atoms with Gasteiger partial charge in [-0.05, 0) is 30.3 Å². The van der Waals surface area contributed by atoms with Crippen molar-refractivity contribution in [1.29, 1.82) is 0 Å². The molecule has 0 aliphatic carbocycles. The van der Waals surface area contributed by atoms with E-state index in [-0.39, 0.29) is 11.4 Å². The zero-order valence-corrected chi connectivity index (χ0v) is 14.9. The first-order valence-corrected chi connectivity index (χ1v) is 7.97. The minimum atomic E-state index is -1.09. The van der Waals surface area contributed by atoms with Crippen molar-refractivity contribution >= 4 is 53.0 Å². The zero-order valence-electron chi connectivity index (χ0n) is 14.0. The second kappa shape index (κ2) is 6.96. The maximum absolute atomic E-state index is 12.5. The van der Waals surface area contributed by atoms with E-state index >= 15 is 0 Å². The van der Waals surface area contributed by atoms with Crippen molar-refractivity contribution in [2.24, 2.45) is 0 Å². The van der Waals surface area contributed by atoms with Crippen LogP contribution in [0.3, 0.4) is 0 Å². The molecule has 0 atom stereocenters. The molecule has 0 bridgehead atoms. The fourth-order valence-corrected chi connectivity index (χ4v) is 2.65. The van der Waals surface area contributed by atoms with Gasteiger partial charge in [-0.2, -0.15) is 0 Å². The van der Waals surface area contributed by atoms with Gasteiger partial charge in [0.2, 0.25) is 0 Å². The highest BCUT2D eigenvalue weighted by atomic mass is 32.1. The summed E-state index contributed by atoms with van der Waals surface area (Å²) in [6.45, 7) is 0. The number of thiol groups is 1. The summed E-state index contributed by atoms with van der Waals surface area (Å²) in [5.41, 5.74) is 1.73. The number of anilines is 3. The van der Waals surface area contributed by atoms with Crippen molar-refractivity contribution in [3.63, 3.8) is 0 Å². The monoisotopic (exact) mass is 372 g/mol. The van der Waals surface area contributed by atoms with Crippen LogP contribution < -0.4 is 14.5 Å². The van der Waals surface area contributed by atoms with Crippen LogP contribution >= 0.6 is 12.8 Å². The van der Waals surface area contributed by atoms with Gasteiger partial charge in [0.05, 0.1) is 22.3 Å². The topological polar surface area (TPSA) is 98.9 Å². The molecule has 9 heteroatoms. The molecule has 0 saturated heterocycles. The van der Waals surface area contributed by atoms with E-state index in [1.165, 1.54) is 18.2 Å². The summed E-state index contributed by atoms with van der Waals surface area (Å²) < 4.78 is 6.27. The maximum atomic E-state index is 12.5. The Hall–Kier alpha value is -3.20. The zero-order chi connectivity index (χ0) is 18.8. The normalized spacial score (nSPS) is 10.6. The van der Waals surface area contributed by atoms with Gasteiger partial charge >= 0.3 is 12.0 Å². The van der Waals surface area contributed by atoms with Gasteiger partial charge in [-0.25, -0.2) is 13.9 Å². The molecule has 0 fully saturated rings. The van der Waals surface area contributed by atoms with E-state index in [9.17, 15) is 9.59 Å². The van der Waals surface area contributed by atoms with Crippen LogP contribution in [-0.2, 0) is 0 Å². The number of carbonyl (C=O) groups excluding carboxylic acids is 1. The lowest BCUT2D eigenvalue weighted by atomic mass is 10.2. The third-order valence-electron chi connectivity index (χ3n) is 3.71. The lowest BCUT2D eigenvalue weighted by Crippen LogP contribution is -2.27. The largest absolute Gasteiger partial charge is 0.478 e. The third kappa shape index (κ3) is 3.29. The van der Waals surface area contributed by atoms with Gasteiger partial charge in [-0.3, -0.25) is 5.32 Å². The van der Waals surface area contributed by atoms with Crippen molar-refractivity contribution in [3.05, 3.63) is 48.0 Å². The Bertz CT molecular complexity index is 986. The minimum absolute atomic E-state index is 0.0520. The first-order chi connectivity index (χ1) is 12.4. The van der Waals surface area contributed by atoms with Gasteiger partial charge in [0.1, 0.15) is 0 Å². The third-order valence-corrected chi connectivity index (χ3v) is 4.13. The number of carboxylic acid groups (broad SMARTS) is 1. The lowest BCUT2D eigenvalue weighted by Gasteiger charge is -2.17. The summed E-state index contributed by atoms with van der Waals surface area (Å²) in [5, 5.41) is 16.3. The molecule has 0 radical (unpaired) electrons. The highest BCUT2D eigenvalue weighted by Crippen LogP contribution is 2.32. The smallest absolute Gasteiger partial charge is 0.337 e. The molecule has 0 saturated carbocycles. The standard InChI is InChI=1S/C17H16N4O4S/c1-20(2)12-7-4-8-13-14(12)15(19-25-13)18-17(24)21(26)11-6-3-5-10(9-11)16(22)23/h3-9,26H,1-2H3,(H,22,23)(H,18,19,24). The van der Waals surface area contributed by atoms with E-state index in [1.54, 1.807) is 12.1 Å². The Labute approximate surface area is 154 Å². The Morgan fingerprint density at radius 2 is 1.92 bits per heavy atom. The Balaban J connectivity index is 1.90. The summed E-state index contributed by atoms with van der Waals surface area (Å²) >= 11 is 4.16. The molecule has 2 aromatic carbocycles. The van der Waals surface area contributed by atoms with Crippen LogP contribution in [0.25, 0.3) is 11.0 Å². The molecule has 134 valence electrons. The number of nitrogens with one attached hydrogen (secondary N) is 1. The number of carbonyl (C=O) groups is 2. The van der Waals surface area contributed by atoms with Crippen LogP contribution in [0.2, 0.25) is 0 Å². The molecule has 8 nitrogen and oxygen atoms in total. The molecule has 0 aliphatic heterocycles. The quantitative estimate of drug-likeness (QED) is 0.607. The Morgan fingerprint density at radius 3 is 2.62 bits per heavy atom. The number of amides is 2. The first-order valence-electron chi connectivity index (χ1n) is 7.57. The van der Waals surface area contributed by atoms with Crippen molar-refractivity contribution in [2.45, 2.75) is 0 Å². The molecule has 2 amide bonds. The highest BCUT2D eigenvalue weighted by molar-refractivity contribution is 7.82. The SMILES string of the molecule is CN(C)c1cccc2onc(NC(=O)N(S)c3cccc(C(=O)O)c3)c12. The van der Waals surface area contributed by atoms with Gasteiger partial charge in [-0.15, -0.1) is 0 Å². The predicted molar refractivity (Wildman–Crippen MR) is 102 cm³/mol. The van der Waals surface area contributed by atoms with Crippen LogP contribution in [0.15, 0.2) is 47.0 Å². The molecule has 3 rings (SSSR count). The van der Waals surface area contributed by atoms with Crippen LogP contribution in [0, 0.1) is 0 Å². The van der Waals surface area contributed by atoms with Gasteiger partial charge in [0.15, 0.2) is 11.4 Å². The lowest BCUT2D eigenvalue weighted by molar-refractivity contribution is 0.0697. The van der Waals surface area contributed by atoms with Crippen LogP contribution in [0.1, 0.15) is 10.4 Å². The number of benzene rings is 2. The predicted octanol–water partition coefficient (Wildman–Crippen LogP) is 3.48. The van der Waals surface area contributed by atoms with Crippen LogP contribution in [0.4, 0.5) is 22.0 Å². The number of nitrogens with zero attached hydrogens (tertiary/aromatic N) is 3.